The molecule has 0 radical (unpaired) electrons. The monoisotopic (exact) mass is 228 g/mol. The van der Waals surface area contributed by atoms with Crippen molar-refractivity contribution in [3.8, 4) is 0 Å². The van der Waals surface area contributed by atoms with Gasteiger partial charge in [-0.3, -0.25) is 4.79 Å². The van der Waals surface area contributed by atoms with E-state index < -0.39 is 0 Å². The lowest BCUT2D eigenvalue weighted by atomic mass is 10.0. The molecule has 16 heavy (non-hydrogen) atoms. The van der Waals surface area contributed by atoms with Crippen LogP contribution in [0, 0.1) is 0 Å². The van der Waals surface area contributed by atoms with E-state index in [9.17, 15) is 4.79 Å². The highest BCUT2D eigenvalue weighted by Crippen LogP contribution is 2.17. The molecule has 4 heteroatoms. The Morgan fingerprint density at radius 1 is 1.56 bits per heavy atom. The quantitative estimate of drug-likeness (QED) is 0.785. The molecule has 1 unspecified atom stereocenters. The van der Waals surface area contributed by atoms with Gasteiger partial charge in [0.25, 0.3) is 0 Å². The molecule has 1 heterocycles. The van der Waals surface area contributed by atoms with Crippen molar-refractivity contribution in [2.75, 3.05) is 19.7 Å². The smallest absolute Gasteiger partial charge is 0.239 e. The van der Waals surface area contributed by atoms with Crippen LogP contribution in [-0.2, 0) is 9.53 Å². The Morgan fingerprint density at radius 3 is 2.81 bits per heavy atom. The van der Waals surface area contributed by atoms with Crippen LogP contribution in [0.3, 0.4) is 0 Å². The minimum Gasteiger partial charge on any atom is -0.372 e. The number of hydrogen-bond acceptors (Lipinski definition) is 3. The second kappa shape index (κ2) is 5.64. The van der Waals surface area contributed by atoms with Crippen molar-refractivity contribution in [3.63, 3.8) is 0 Å². The number of amides is 1. The Bertz CT molecular complexity index is 241. The topological polar surface area (TPSA) is 55.6 Å². The number of carbonyl (C=O) groups excluding carboxylic acids is 1. The van der Waals surface area contributed by atoms with E-state index in [1.807, 2.05) is 18.7 Å². The predicted octanol–water partition coefficient (Wildman–Crippen LogP) is 1.14. The van der Waals surface area contributed by atoms with Gasteiger partial charge in [0.05, 0.1) is 18.2 Å². The summed E-state index contributed by atoms with van der Waals surface area (Å²) in [7, 11) is 0. The van der Waals surface area contributed by atoms with E-state index >= 15 is 0 Å². The first-order valence-corrected chi connectivity index (χ1v) is 6.14. The third-order valence-electron chi connectivity index (χ3n) is 2.92. The second-order valence-electron chi connectivity index (χ2n) is 5.12. The summed E-state index contributed by atoms with van der Waals surface area (Å²) in [5, 5.41) is 0. The van der Waals surface area contributed by atoms with Gasteiger partial charge in [0.15, 0.2) is 0 Å². The first-order chi connectivity index (χ1) is 7.46. The molecule has 1 rings (SSSR count). The average Bonchev–Trinajstić information content (AvgIpc) is 2.23. The number of hydrogen-bond donors (Lipinski definition) is 1. The summed E-state index contributed by atoms with van der Waals surface area (Å²) in [5.41, 5.74) is 5.65. The van der Waals surface area contributed by atoms with Gasteiger partial charge in [0.1, 0.15) is 0 Å². The third-order valence-corrected chi connectivity index (χ3v) is 2.92. The van der Waals surface area contributed by atoms with Gasteiger partial charge < -0.3 is 15.4 Å². The van der Waals surface area contributed by atoms with Crippen LogP contribution in [0.25, 0.3) is 0 Å². The molecule has 4 nitrogen and oxygen atoms in total. The fourth-order valence-corrected chi connectivity index (χ4v) is 1.99. The van der Waals surface area contributed by atoms with Crippen LogP contribution in [0.5, 0.6) is 0 Å². The molecule has 1 aliphatic rings. The van der Waals surface area contributed by atoms with E-state index in [-0.39, 0.29) is 17.6 Å². The fraction of sp³-hybridized carbons (Fsp3) is 0.917. The van der Waals surface area contributed by atoms with Crippen LogP contribution >= 0.6 is 0 Å². The van der Waals surface area contributed by atoms with Crippen molar-refractivity contribution in [3.05, 3.63) is 0 Å². The third kappa shape index (κ3) is 3.76. The van der Waals surface area contributed by atoms with Gasteiger partial charge in [-0.25, -0.2) is 0 Å². The molecule has 2 N–H and O–H groups in total. The van der Waals surface area contributed by atoms with Crippen molar-refractivity contribution in [1.82, 2.24) is 4.90 Å². The SMILES string of the molecule is CCCCC(N)C(=O)N1CCOC(C)(C)C1. The van der Waals surface area contributed by atoms with Gasteiger partial charge in [0.2, 0.25) is 5.91 Å². The fourth-order valence-electron chi connectivity index (χ4n) is 1.99. The normalized spacial score (nSPS) is 21.9. The number of ether oxygens (including phenoxy) is 1. The van der Waals surface area contributed by atoms with Crippen LogP contribution in [0.2, 0.25) is 0 Å². The Kier molecular flexibility index (Phi) is 4.74. The van der Waals surface area contributed by atoms with Crippen LogP contribution in [0.15, 0.2) is 0 Å². The van der Waals surface area contributed by atoms with E-state index in [1.165, 1.54) is 0 Å². The molecule has 0 aromatic rings. The van der Waals surface area contributed by atoms with Crippen molar-refractivity contribution < 1.29 is 9.53 Å². The number of morpholine rings is 1. The highest BCUT2D eigenvalue weighted by atomic mass is 16.5. The molecular weight excluding hydrogens is 204 g/mol. The Morgan fingerprint density at radius 2 is 2.25 bits per heavy atom. The molecule has 0 saturated carbocycles. The highest BCUT2D eigenvalue weighted by molar-refractivity contribution is 5.81. The molecule has 94 valence electrons. The minimum atomic E-state index is -0.339. The zero-order valence-corrected chi connectivity index (χ0v) is 10.7. The van der Waals surface area contributed by atoms with Gasteiger partial charge in [-0.15, -0.1) is 0 Å². The van der Waals surface area contributed by atoms with Gasteiger partial charge in [-0.05, 0) is 20.3 Å². The number of nitrogens with two attached hydrogens (primary N) is 1. The largest absolute Gasteiger partial charge is 0.372 e. The Hall–Kier alpha value is -0.610. The van der Waals surface area contributed by atoms with E-state index in [0.717, 1.165) is 19.3 Å². The highest BCUT2D eigenvalue weighted by Gasteiger charge is 2.31. The molecule has 1 atom stereocenters. The summed E-state index contributed by atoms with van der Waals surface area (Å²) in [5.74, 6) is 0.0739. The first kappa shape index (κ1) is 13.5. The average molecular weight is 228 g/mol. The second-order valence-corrected chi connectivity index (χ2v) is 5.12. The molecule has 0 spiro atoms. The maximum Gasteiger partial charge on any atom is 0.239 e. The maximum absolute atomic E-state index is 12.0. The van der Waals surface area contributed by atoms with Crippen molar-refractivity contribution in [2.24, 2.45) is 5.73 Å². The van der Waals surface area contributed by atoms with Crippen molar-refractivity contribution in [1.29, 1.82) is 0 Å². The van der Waals surface area contributed by atoms with Crippen LogP contribution in [0.1, 0.15) is 40.0 Å². The van der Waals surface area contributed by atoms with E-state index in [1.54, 1.807) is 0 Å². The predicted molar refractivity (Wildman–Crippen MR) is 64.1 cm³/mol. The summed E-state index contributed by atoms with van der Waals surface area (Å²) < 4.78 is 5.57. The molecule has 1 fully saturated rings. The van der Waals surface area contributed by atoms with E-state index in [4.69, 9.17) is 10.5 Å². The maximum atomic E-state index is 12.0. The Labute approximate surface area is 98.1 Å². The lowest BCUT2D eigenvalue weighted by Crippen LogP contribution is -2.54. The zero-order valence-electron chi connectivity index (χ0n) is 10.7. The lowest BCUT2D eigenvalue weighted by Gasteiger charge is -2.39. The van der Waals surface area contributed by atoms with Gasteiger partial charge in [-0.2, -0.15) is 0 Å². The Balaban J connectivity index is 2.46. The zero-order chi connectivity index (χ0) is 12.2. The summed E-state index contributed by atoms with van der Waals surface area (Å²) in [6.45, 7) is 8.04. The molecule has 0 bridgehead atoms. The molecular formula is C12H24N2O2. The van der Waals surface area contributed by atoms with Crippen LogP contribution < -0.4 is 5.73 Å². The molecule has 1 aliphatic heterocycles. The van der Waals surface area contributed by atoms with E-state index in [0.29, 0.717) is 19.7 Å². The first-order valence-electron chi connectivity index (χ1n) is 6.14. The summed E-state index contributed by atoms with van der Waals surface area (Å²) >= 11 is 0. The number of rotatable bonds is 4. The standard InChI is InChI=1S/C12H24N2O2/c1-4-5-6-10(13)11(15)14-7-8-16-12(2,3)9-14/h10H,4-9,13H2,1-3H3. The molecule has 1 saturated heterocycles. The van der Waals surface area contributed by atoms with Crippen LogP contribution in [0.4, 0.5) is 0 Å². The lowest BCUT2D eigenvalue weighted by molar-refractivity contribution is -0.147. The minimum absolute atomic E-state index is 0.0739. The van der Waals surface area contributed by atoms with Gasteiger partial charge in [-0.1, -0.05) is 19.8 Å². The molecule has 0 aliphatic carbocycles. The van der Waals surface area contributed by atoms with Crippen LogP contribution in [-0.4, -0.2) is 42.1 Å². The summed E-state index contributed by atoms with van der Waals surface area (Å²) in [4.78, 5) is 13.9. The molecule has 0 aromatic heterocycles. The van der Waals surface area contributed by atoms with E-state index in [2.05, 4.69) is 6.92 Å². The molecule has 1 amide bonds. The van der Waals surface area contributed by atoms with Gasteiger partial charge >= 0.3 is 0 Å². The van der Waals surface area contributed by atoms with Gasteiger partial charge in [0, 0.05) is 13.1 Å². The van der Waals surface area contributed by atoms with Crippen molar-refractivity contribution in [2.45, 2.75) is 51.7 Å². The number of nitrogens with zero attached hydrogens (tertiary/aromatic N) is 1. The molecule has 0 aromatic carbocycles. The number of unbranched alkanes of at least 4 members (excludes halogenated alkanes) is 1. The summed E-state index contributed by atoms with van der Waals surface area (Å²) in [6.07, 6.45) is 2.88. The van der Waals surface area contributed by atoms with Crippen molar-refractivity contribution >= 4 is 5.91 Å². The number of carbonyl (C=O) groups is 1. The summed E-state index contributed by atoms with van der Waals surface area (Å²) in [6, 6.07) is -0.339.